The standard InChI is InChI=1S/C37H54N2.2C5H11.Ni/c1-6-10-14-16-20-33-24-34(21-17-15-11-7-2)28-36(27-33)37(22-30(5)29-39-38)35-25-31(18-12-8-3)23-32(26-35)19-13-9-4;2*1-3-5-4-2;/h22-28H,6-21H2,1-5H3;2*1,3-5H2,2H3;/q;2*-1;+2. The van der Waals surface area contributed by atoms with Crippen LogP contribution in [0.4, 0.5) is 0 Å². The van der Waals surface area contributed by atoms with Crippen molar-refractivity contribution in [1.82, 2.24) is 0 Å². The third kappa shape index (κ3) is 24.9. The summed E-state index contributed by atoms with van der Waals surface area (Å²) in [6.07, 6.45) is 29.0. The van der Waals surface area contributed by atoms with Crippen LogP contribution in [0.1, 0.15) is 197 Å². The molecule has 50 heavy (non-hydrogen) atoms. The maximum absolute atomic E-state index is 9.21. The second-order valence-corrected chi connectivity index (χ2v) is 13.8. The Morgan fingerprint density at radius 2 is 0.880 bits per heavy atom. The molecule has 0 aliphatic heterocycles. The second-order valence-electron chi connectivity index (χ2n) is 13.8. The van der Waals surface area contributed by atoms with Crippen molar-refractivity contribution in [3.63, 3.8) is 0 Å². The van der Waals surface area contributed by atoms with E-state index in [0.29, 0.717) is 0 Å². The van der Waals surface area contributed by atoms with Gasteiger partial charge in [-0.25, -0.2) is 0 Å². The van der Waals surface area contributed by atoms with E-state index in [0.717, 1.165) is 44.1 Å². The summed E-state index contributed by atoms with van der Waals surface area (Å²) >= 11 is 0. The number of aryl methyl sites for hydroxylation is 4. The quantitative estimate of drug-likeness (QED) is 0.0208. The van der Waals surface area contributed by atoms with E-state index in [1.807, 2.05) is 6.92 Å². The fourth-order valence-electron chi connectivity index (χ4n) is 5.85. The zero-order chi connectivity index (χ0) is 36.5. The second kappa shape index (κ2) is 35.2. The first-order valence-electron chi connectivity index (χ1n) is 20.4. The van der Waals surface area contributed by atoms with Gasteiger partial charge in [-0.2, -0.15) is 12.8 Å². The fraction of sp³-hybridized carbons (Fsp3) is 0.617. The molecule has 3 heteroatoms. The van der Waals surface area contributed by atoms with Crippen molar-refractivity contribution >= 4 is 11.4 Å². The van der Waals surface area contributed by atoms with Gasteiger partial charge >= 0.3 is 22.4 Å². The molecule has 0 fully saturated rings. The first kappa shape index (κ1) is 49.9. The van der Waals surface area contributed by atoms with Gasteiger partial charge in [-0.15, -0.1) is 4.79 Å². The molecule has 0 heterocycles. The smallest absolute Gasteiger partial charge is 0.348 e. The third-order valence-electron chi connectivity index (χ3n) is 8.80. The summed E-state index contributed by atoms with van der Waals surface area (Å²) in [6, 6.07) is 14.5. The summed E-state index contributed by atoms with van der Waals surface area (Å²) in [4.78, 5) is 3.21. The average Bonchev–Trinajstić information content (AvgIpc) is 3.10. The molecule has 2 rings (SSSR count). The van der Waals surface area contributed by atoms with E-state index in [9.17, 15) is 5.53 Å². The van der Waals surface area contributed by atoms with Crippen molar-refractivity contribution in [2.75, 3.05) is 0 Å². The monoisotopic (exact) mass is 727 g/mol. The van der Waals surface area contributed by atoms with Gasteiger partial charge in [0, 0.05) is 0 Å². The summed E-state index contributed by atoms with van der Waals surface area (Å²) < 4.78 is 0. The molecule has 0 radical (unpaired) electrons. The molecule has 0 aromatic heterocycles. The Hall–Kier alpha value is -2.17. The molecule has 0 unspecified atom stereocenters. The predicted octanol–water partition coefficient (Wildman–Crippen LogP) is 14.9. The van der Waals surface area contributed by atoms with E-state index in [1.54, 1.807) is 0 Å². The van der Waals surface area contributed by atoms with Gasteiger partial charge in [0.2, 0.25) is 0 Å². The zero-order valence-electron chi connectivity index (χ0n) is 33.7. The molecular formula is C47H76N2Ni. The summed E-state index contributed by atoms with van der Waals surface area (Å²) in [6.45, 7) is 22.8. The van der Waals surface area contributed by atoms with Gasteiger partial charge in [-0.05, 0) is 103 Å². The van der Waals surface area contributed by atoms with Crippen LogP contribution < -0.4 is 0 Å². The van der Waals surface area contributed by atoms with E-state index >= 15 is 0 Å². The van der Waals surface area contributed by atoms with Crippen molar-refractivity contribution in [2.24, 2.45) is 0 Å². The molecule has 284 valence electrons. The van der Waals surface area contributed by atoms with E-state index in [1.165, 1.54) is 142 Å². The molecule has 0 spiro atoms. The Morgan fingerprint density at radius 3 is 1.16 bits per heavy atom. The van der Waals surface area contributed by atoms with E-state index in [-0.39, 0.29) is 16.5 Å². The van der Waals surface area contributed by atoms with Crippen molar-refractivity contribution in [2.45, 2.75) is 190 Å². The number of allylic oxidation sites excluding steroid dienone is 2. The van der Waals surface area contributed by atoms with Crippen LogP contribution in [-0.2, 0) is 42.2 Å². The molecule has 0 saturated heterocycles. The minimum Gasteiger partial charge on any atom is -0.348 e. The minimum absolute atomic E-state index is 0. The third-order valence-corrected chi connectivity index (χ3v) is 8.80. The van der Waals surface area contributed by atoms with Gasteiger partial charge in [0.25, 0.3) is 0 Å². The van der Waals surface area contributed by atoms with Crippen LogP contribution in [0.5, 0.6) is 0 Å². The van der Waals surface area contributed by atoms with Gasteiger partial charge < -0.3 is 19.4 Å². The van der Waals surface area contributed by atoms with Crippen LogP contribution >= 0.6 is 0 Å². The Labute approximate surface area is 322 Å². The predicted molar refractivity (Wildman–Crippen MR) is 220 cm³/mol. The van der Waals surface area contributed by atoms with Crippen molar-refractivity contribution in [1.29, 1.82) is 0 Å². The zero-order valence-corrected chi connectivity index (χ0v) is 34.7. The molecule has 0 saturated carbocycles. The SMILES string of the molecule is CCCCCCc1cc(CCCCCC)cc(C(=CC(C)=C=[N+]=[N-])c2cc(CCCC)cc(CCCC)c2)c1.[CH2-]CCCC.[CH2-]CCCC.[Ni+2]. The Morgan fingerprint density at radius 1 is 0.540 bits per heavy atom. The first-order valence-corrected chi connectivity index (χ1v) is 20.4. The molecule has 2 aromatic carbocycles. The van der Waals surface area contributed by atoms with Crippen LogP contribution in [0.3, 0.4) is 0 Å². The Kier molecular flexibility index (Phi) is 35.2. The molecule has 0 atom stereocenters. The molecule has 0 N–H and O–H groups in total. The molecule has 0 aliphatic rings. The summed E-state index contributed by atoms with van der Waals surface area (Å²) in [5.74, 6) is 2.76. The molecule has 2 aromatic rings. The maximum Gasteiger partial charge on any atom is 2.00 e. The molecule has 0 amide bonds. The number of hydrogen-bond acceptors (Lipinski definition) is 0. The summed E-state index contributed by atoms with van der Waals surface area (Å²) in [5, 5.41) is 0. The molecule has 0 aliphatic carbocycles. The van der Waals surface area contributed by atoms with Gasteiger partial charge in [-0.3, -0.25) is 0 Å². The Balaban J connectivity index is 0. The first-order chi connectivity index (χ1) is 23.9. The number of rotatable bonds is 23. The van der Waals surface area contributed by atoms with E-state index < -0.39 is 0 Å². The fourth-order valence-corrected chi connectivity index (χ4v) is 5.85. The normalized spacial score (nSPS) is 10.5. The van der Waals surface area contributed by atoms with Crippen LogP contribution in [0.2, 0.25) is 0 Å². The van der Waals surface area contributed by atoms with E-state index in [4.69, 9.17) is 0 Å². The number of benzene rings is 2. The van der Waals surface area contributed by atoms with Crippen LogP contribution in [-0.4, -0.2) is 10.7 Å². The van der Waals surface area contributed by atoms with Crippen molar-refractivity contribution < 1.29 is 21.3 Å². The van der Waals surface area contributed by atoms with Crippen LogP contribution in [0.25, 0.3) is 11.1 Å². The van der Waals surface area contributed by atoms with Crippen LogP contribution in [0, 0.1) is 13.8 Å². The van der Waals surface area contributed by atoms with Gasteiger partial charge in [-0.1, -0.05) is 155 Å². The van der Waals surface area contributed by atoms with Gasteiger partial charge in [0.1, 0.15) is 0 Å². The topological polar surface area (TPSA) is 36.4 Å². The summed E-state index contributed by atoms with van der Waals surface area (Å²) in [7, 11) is 0. The van der Waals surface area contributed by atoms with Crippen molar-refractivity contribution in [3.8, 4) is 0 Å². The number of hydrogen-bond donors (Lipinski definition) is 0. The van der Waals surface area contributed by atoms with Gasteiger partial charge in [0.05, 0.1) is 5.57 Å². The van der Waals surface area contributed by atoms with E-state index in [2.05, 4.69) is 109 Å². The minimum atomic E-state index is 0. The van der Waals surface area contributed by atoms with Crippen LogP contribution in [0.15, 0.2) is 48.0 Å². The number of unbranched alkanes of at least 4 members (excludes halogenated alkanes) is 12. The maximum atomic E-state index is 9.21. The molecule has 2 nitrogen and oxygen atoms in total. The average molecular weight is 728 g/mol. The molecule has 0 bridgehead atoms. The van der Waals surface area contributed by atoms with Gasteiger partial charge in [0.15, 0.2) is 0 Å². The van der Waals surface area contributed by atoms with Crippen molar-refractivity contribution in [3.05, 3.63) is 101 Å². The summed E-state index contributed by atoms with van der Waals surface area (Å²) in [5.41, 5.74) is 19.6. The Bertz CT molecular complexity index is 1150. The molecular weight excluding hydrogens is 651 g/mol. The number of nitrogens with zero attached hydrogens (tertiary/aromatic N) is 2. The largest absolute Gasteiger partial charge is 2.00 e.